The van der Waals surface area contributed by atoms with Crippen LogP contribution in [0, 0.1) is 0 Å². The van der Waals surface area contributed by atoms with Crippen LogP contribution in [0.25, 0.3) is 10.4 Å². The lowest BCUT2D eigenvalue weighted by Gasteiger charge is -2.02. The Hall–Kier alpha value is -1.59. The van der Waals surface area contributed by atoms with Crippen molar-refractivity contribution in [1.29, 1.82) is 0 Å². The second-order valence-corrected chi connectivity index (χ2v) is 4.64. The molecular weight excluding hydrogens is 260 g/mol. The molecule has 0 spiro atoms. The third kappa shape index (κ3) is 2.25. The first-order valence-corrected chi connectivity index (χ1v) is 5.92. The number of halogens is 1. The molecule has 4 nitrogen and oxygen atoms in total. The normalized spacial score (nSPS) is 10.2. The number of carbonyl (C=O) groups excluding carboxylic acids is 1. The van der Waals surface area contributed by atoms with Crippen molar-refractivity contribution >= 4 is 34.0 Å². The van der Waals surface area contributed by atoms with Gasteiger partial charge < -0.3 is 10.5 Å². The van der Waals surface area contributed by atoms with E-state index in [0.717, 1.165) is 5.56 Å². The van der Waals surface area contributed by atoms with Crippen LogP contribution in [0.1, 0.15) is 10.5 Å². The number of hydrogen-bond acceptors (Lipinski definition) is 5. The standard InChI is InChI=1S/C11H9ClN2O2S/c1-16-10(15)8-9(17-11(13)14-8)6-4-2-3-5-7(6)12/h2-5H,1H3,(H2,13,14). The molecule has 1 aromatic carbocycles. The van der Waals surface area contributed by atoms with E-state index in [2.05, 4.69) is 9.72 Å². The summed E-state index contributed by atoms with van der Waals surface area (Å²) in [6, 6.07) is 7.20. The fraction of sp³-hybridized carbons (Fsp3) is 0.0909. The number of benzene rings is 1. The van der Waals surface area contributed by atoms with E-state index in [0.29, 0.717) is 15.0 Å². The number of anilines is 1. The van der Waals surface area contributed by atoms with Crippen LogP contribution in [0.15, 0.2) is 24.3 Å². The first-order chi connectivity index (χ1) is 8.13. The third-order valence-corrected chi connectivity index (χ3v) is 3.39. The Morgan fingerprint density at radius 2 is 2.18 bits per heavy atom. The third-order valence-electron chi connectivity index (χ3n) is 2.14. The molecule has 88 valence electrons. The summed E-state index contributed by atoms with van der Waals surface area (Å²) in [5, 5.41) is 0.849. The lowest BCUT2D eigenvalue weighted by molar-refractivity contribution is 0.0596. The molecule has 0 aliphatic carbocycles. The summed E-state index contributed by atoms with van der Waals surface area (Å²) in [4.78, 5) is 16.1. The van der Waals surface area contributed by atoms with Crippen LogP contribution in [0.2, 0.25) is 5.02 Å². The molecule has 0 unspecified atom stereocenters. The summed E-state index contributed by atoms with van der Waals surface area (Å²) >= 11 is 7.28. The number of methoxy groups -OCH3 is 1. The molecule has 1 heterocycles. The van der Waals surface area contributed by atoms with Crippen molar-refractivity contribution in [3.05, 3.63) is 35.0 Å². The molecule has 2 aromatic rings. The minimum atomic E-state index is -0.520. The molecule has 0 amide bonds. The molecule has 0 radical (unpaired) electrons. The van der Waals surface area contributed by atoms with Gasteiger partial charge in [0.2, 0.25) is 0 Å². The van der Waals surface area contributed by atoms with Gasteiger partial charge in [-0.3, -0.25) is 0 Å². The summed E-state index contributed by atoms with van der Waals surface area (Å²) in [5.41, 5.74) is 6.54. The Kier molecular flexibility index (Phi) is 3.31. The van der Waals surface area contributed by atoms with Gasteiger partial charge in [-0.15, -0.1) is 0 Å². The summed E-state index contributed by atoms with van der Waals surface area (Å²) in [6.07, 6.45) is 0. The second-order valence-electron chi connectivity index (χ2n) is 3.20. The Morgan fingerprint density at radius 3 is 2.82 bits per heavy atom. The number of nitrogens with zero attached hydrogens (tertiary/aromatic N) is 1. The van der Waals surface area contributed by atoms with E-state index in [-0.39, 0.29) is 5.69 Å². The van der Waals surface area contributed by atoms with Crippen molar-refractivity contribution in [3.63, 3.8) is 0 Å². The van der Waals surface area contributed by atoms with Crippen LogP contribution in [-0.4, -0.2) is 18.1 Å². The molecular formula is C11H9ClN2O2S. The van der Waals surface area contributed by atoms with Crippen LogP contribution in [-0.2, 0) is 4.74 Å². The number of esters is 1. The maximum absolute atomic E-state index is 11.6. The van der Waals surface area contributed by atoms with Crippen LogP contribution in [0.5, 0.6) is 0 Å². The summed E-state index contributed by atoms with van der Waals surface area (Å²) in [7, 11) is 1.30. The highest BCUT2D eigenvalue weighted by Gasteiger charge is 2.20. The van der Waals surface area contributed by atoms with Gasteiger partial charge in [-0.2, -0.15) is 0 Å². The molecule has 0 fully saturated rings. The molecule has 0 aliphatic rings. The van der Waals surface area contributed by atoms with Gasteiger partial charge in [0.15, 0.2) is 10.8 Å². The number of thiazole rings is 1. The highest BCUT2D eigenvalue weighted by molar-refractivity contribution is 7.19. The quantitative estimate of drug-likeness (QED) is 0.851. The average molecular weight is 269 g/mol. The molecule has 0 aliphatic heterocycles. The molecule has 6 heteroatoms. The minimum Gasteiger partial charge on any atom is -0.464 e. The predicted octanol–water partition coefficient (Wildman–Crippen LogP) is 2.83. The molecule has 0 saturated carbocycles. The summed E-state index contributed by atoms with van der Waals surface area (Å²) in [6.45, 7) is 0. The van der Waals surface area contributed by atoms with Crippen molar-refractivity contribution in [2.75, 3.05) is 12.8 Å². The van der Waals surface area contributed by atoms with Crippen molar-refractivity contribution in [3.8, 4) is 10.4 Å². The van der Waals surface area contributed by atoms with Crippen molar-refractivity contribution < 1.29 is 9.53 Å². The Morgan fingerprint density at radius 1 is 1.47 bits per heavy atom. The zero-order valence-electron chi connectivity index (χ0n) is 8.94. The van der Waals surface area contributed by atoms with Gasteiger partial charge in [0, 0.05) is 10.6 Å². The lowest BCUT2D eigenvalue weighted by atomic mass is 10.1. The van der Waals surface area contributed by atoms with E-state index >= 15 is 0 Å². The Bertz CT molecular complexity index is 568. The van der Waals surface area contributed by atoms with E-state index in [1.807, 2.05) is 18.2 Å². The van der Waals surface area contributed by atoms with Crippen LogP contribution in [0.4, 0.5) is 5.13 Å². The number of rotatable bonds is 2. The molecule has 0 saturated heterocycles. The number of carbonyl (C=O) groups is 1. The Labute approximate surface area is 107 Å². The zero-order valence-corrected chi connectivity index (χ0v) is 10.5. The van der Waals surface area contributed by atoms with Crippen LogP contribution in [0.3, 0.4) is 0 Å². The summed E-state index contributed by atoms with van der Waals surface area (Å²) < 4.78 is 4.66. The fourth-order valence-corrected chi connectivity index (χ4v) is 2.55. The fourth-order valence-electron chi connectivity index (χ4n) is 1.40. The highest BCUT2D eigenvalue weighted by Crippen LogP contribution is 2.36. The molecule has 0 atom stereocenters. The molecule has 0 bridgehead atoms. The molecule has 17 heavy (non-hydrogen) atoms. The predicted molar refractivity (Wildman–Crippen MR) is 68.3 cm³/mol. The molecule has 2 N–H and O–H groups in total. The minimum absolute atomic E-state index is 0.197. The Balaban J connectivity index is 2.60. The summed E-state index contributed by atoms with van der Waals surface area (Å²) in [5.74, 6) is -0.520. The van der Waals surface area contributed by atoms with E-state index in [1.165, 1.54) is 18.4 Å². The van der Waals surface area contributed by atoms with Gasteiger partial charge in [0.25, 0.3) is 0 Å². The van der Waals surface area contributed by atoms with E-state index < -0.39 is 5.97 Å². The number of hydrogen-bond donors (Lipinski definition) is 1. The van der Waals surface area contributed by atoms with E-state index in [9.17, 15) is 4.79 Å². The van der Waals surface area contributed by atoms with Crippen molar-refractivity contribution in [1.82, 2.24) is 4.98 Å². The number of nitrogen functional groups attached to an aromatic ring is 1. The maximum Gasteiger partial charge on any atom is 0.358 e. The topological polar surface area (TPSA) is 65.2 Å². The second kappa shape index (κ2) is 4.73. The maximum atomic E-state index is 11.6. The SMILES string of the molecule is COC(=O)c1nc(N)sc1-c1ccccc1Cl. The first-order valence-electron chi connectivity index (χ1n) is 4.73. The van der Waals surface area contributed by atoms with Gasteiger partial charge in [-0.25, -0.2) is 9.78 Å². The molecule has 2 rings (SSSR count). The molecule has 1 aromatic heterocycles. The largest absolute Gasteiger partial charge is 0.464 e. The number of nitrogens with two attached hydrogens (primary N) is 1. The van der Waals surface area contributed by atoms with Crippen molar-refractivity contribution in [2.24, 2.45) is 0 Å². The van der Waals surface area contributed by atoms with Gasteiger partial charge in [-0.05, 0) is 6.07 Å². The van der Waals surface area contributed by atoms with Crippen LogP contribution >= 0.6 is 22.9 Å². The van der Waals surface area contributed by atoms with E-state index in [4.69, 9.17) is 17.3 Å². The smallest absolute Gasteiger partial charge is 0.358 e. The van der Waals surface area contributed by atoms with Gasteiger partial charge in [0.05, 0.1) is 12.0 Å². The van der Waals surface area contributed by atoms with E-state index in [1.54, 1.807) is 6.07 Å². The van der Waals surface area contributed by atoms with Gasteiger partial charge >= 0.3 is 5.97 Å². The average Bonchev–Trinajstić information content (AvgIpc) is 2.71. The van der Waals surface area contributed by atoms with Gasteiger partial charge in [-0.1, -0.05) is 41.1 Å². The zero-order chi connectivity index (χ0) is 12.4. The monoisotopic (exact) mass is 268 g/mol. The number of aromatic nitrogens is 1. The number of ether oxygens (including phenoxy) is 1. The van der Waals surface area contributed by atoms with Crippen molar-refractivity contribution in [2.45, 2.75) is 0 Å². The lowest BCUT2D eigenvalue weighted by Crippen LogP contribution is -2.03. The highest BCUT2D eigenvalue weighted by atomic mass is 35.5. The van der Waals surface area contributed by atoms with Crippen LogP contribution < -0.4 is 5.73 Å². The first kappa shape index (κ1) is 11.9. The van der Waals surface area contributed by atoms with Gasteiger partial charge in [0.1, 0.15) is 0 Å².